The Balaban J connectivity index is 1.97. The number of aryl methyl sites for hydroxylation is 1. The summed E-state index contributed by atoms with van der Waals surface area (Å²) in [4.78, 5) is 4.77. The summed E-state index contributed by atoms with van der Waals surface area (Å²) in [5.41, 5.74) is 1.80. The van der Waals surface area contributed by atoms with Gasteiger partial charge in [-0.25, -0.2) is 13.4 Å². The van der Waals surface area contributed by atoms with Crippen molar-refractivity contribution in [3.05, 3.63) is 35.3 Å². The summed E-state index contributed by atoms with van der Waals surface area (Å²) in [7, 11) is -3.46. The molecule has 22 heavy (non-hydrogen) atoms. The molecule has 2 heterocycles. The lowest BCUT2D eigenvalue weighted by Crippen LogP contribution is -2.52. The predicted molar refractivity (Wildman–Crippen MR) is 88.5 cm³/mol. The van der Waals surface area contributed by atoms with Crippen molar-refractivity contribution in [3.8, 4) is 10.6 Å². The van der Waals surface area contributed by atoms with Crippen molar-refractivity contribution in [2.24, 2.45) is 0 Å². The molecule has 1 aliphatic rings. The summed E-state index contributed by atoms with van der Waals surface area (Å²) in [6.45, 7) is 5.74. The lowest BCUT2D eigenvalue weighted by Gasteiger charge is -2.32. The van der Waals surface area contributed by atoms with Crippen LogP contribution in [-0.4, -0.2) is 43.4 Å². The maximum absolute atomic E-state index is 12.9. The Bertz CT molecular complexity index is 771. The van der Waals surface area contributed by atoms with Gasteiger partial charge < -0.3 is 5.32 Å². The average Bonchev–Trinajstić information content (AvgIpc) is 2.94. The van der Waals surface area contributed by atoms with Crippen LogP contribution in [0.3, 0.4) is 0 Å². The van der Waals surface area contributed by atoms with E-state index in [-0.39, 0.29) is 6.04 Å². The molecule has 1 N–H and O–H groups in total. The Kier molecular flexibility index (Phi) is 4.31. The second-order valence-electron chi connectivity index (χ2n) is 5.49. The quantitative estimate of drug-likeness (QED) is 0.932. The van der Waals surface area contributed by atoms with Crippen molar-refractivity contribution in [1.82, 2.24) is 14.6 Å². The highest BCUT2D eigenvalue weighted by atomic mass is 32.2. The topological polar surface area (TPSA) is 62.3 Å². The maximum Gasteiger partial charge on any atom is 0.243 e. The molecule has 1 aromatic carbocycles. The van der Waals surface area contributed by atoms with Crippen molar-refractivity contribution in [1.29, 1.82) is 0 Å². The molecule has 0 amide bonds. The van der Waals surface area contributed by atoms with Crippen molar-refractivity contribution in [2.75, 3.05) is 19.6 Å². The van der Waals surface area contributed by atoms with E-state index in [9.17, 15) is 8.42 Å². The summed E-state index contributed by atoms with van der Waals surface area (Å²) in [6.07, 6.45) is 0. The Morgan fingerprint density at radius 1 is 1.41 bits per heavy atom. The van der Waals surface area contributed by atoms with Crippen LogP contribution in [0.1, 0.15) is 12.6 Å². The molecule has 1 saturated heterocycles. The third kappa shape index (κ3) is 2.94. The lowest BCUT2D eigenvalue weighted by molar-refractivity contribution is 0.284. The summed E-state index contributed by atoms with van der Waals surface area (Å²) >= 11 is 1.53. The van der Waals surface area contributed by atoms with Gasteiger partial charge in [0.25, 0.3) is 0 Å². The molecule has 0 spiro atoms. The van der Waals surface area contributed by atoms with Crippen LogP contribution in [0.4, 0.5) is 0 Å². The van der Waals surface area contributed by atoms with Crippen LogP contribution in [0.15, 0.2) is 34.5 Å². The van der Waals surface area contributed by atoms with E-state index in [0.717, 1.165) is 16.3 Å². The number of piperazine rings is 1. The Labute approximate surface area is 135 Å². The Morgan fingerprint density at radius 3 is 2.91 bits per heavy atom. The number of sulfonamides is 1. The van der Waals surface area contributed by atoms with Crippen LogP contribution in [0, 0.1) is 6.92 Å². The molecule has 3 rings (SSSR count). The fourth-order valence-corrected chi connectivity index (χ4v) is 5.06. The molecule has 1 fully saturated rings. The zero-order valence-electron chi connectivity index (χ0n) is 12.6. The zero-order chi connectivity index (χ0) is 15.7. The SMILES string of the molecule is Cc1csc(-c2cccc(S(=O)(=O)N3CCNCC3C)c2)n1. The lowest BCUT2D eigenvalue weighted by atomic mass is 10.2. The molecule has 5 nitrogen and oxygen atoms in total. The fraction of sp³-hybridized carbons (Fsp3) is 0.400. The monoisotopic (exact) mass is 337 g/mol. The molecule has 1 aliphatic heterocycles. The minimum Gasteiger partial charge on any atom is -0.314 e. The molecule has 0 bridgehead atoms. The summed E-state index contributed by atoms with van der Waals surface area (Å²) in [5, 5.41) is 6.03. The van der Waals surface area contributed by atoms with Gasteiger partial charge in [-0.15, -0.1) is 11.3 Å². The number of benzene rings is 1. The van der Waals surface area contributed by atoms with Gasteiger partial charge >= 0.3 is 0 Å². The molecule has 0 radical (unpaired) electrons. The van der Waals surface area contributed by atoms with Crippen LogP contribution in [0.5, 0.6) is 0 Å². The van der Waals surface area contributed by atoms with Crippen LogP contribution in [0.25, 0.3) is 10.6 Å². The highest BCUT2D eigenvalue weighted by molar-refractivity contribution is 7.89. The molecule has 1 atom stereocenters. The van der Waals surface area contributed by atoms with Crippen molar-refractivity contribution in [3.63, 3.8) is 0 Å². The zero-order valence-corrected chi connectivity index (χ0v) is 14.2. The first-order valence-electron chi connectivity index (χ1n) is 7.23. The number of nitrogens with zero attached hydrogens (tertiary/aromatic N) is 2. The van der Waals surface area contributed by atoms with Gasteiger partial charge in [-0.1, -0.05) is 12.1 Å². The van der Waals surface area contributed by atoms with E-state index in [4.69, 9.17) is 0 Å². The van der Waals surface area contributed by atoms with Gasteiger partial charge in [0.1, 0.15) is 5.01 Å². The van der Waals surface area contributed by atoms with E-state index in [1.165, 1.54) is 11.3 Å². The number of hydrogen-bond acceptors (Lipinski definition) is 5. The summed E-state index contributed by atoms with van der Waals surface area (Å²) < 4.78 is 27.3. The van der Waals surface area contributed by atoms with Crippen LogP contribution in [-0.2, 0) is 10.0 Å². The Hall–Kier alpha value is -1.28. The number of thiazole rings is 1. The van der Waals surface area contributed by atoms with E-state index >= 15 is 0 Å². The Morgan fingerprint density at radius 2 is 2.23 bits per heavy atom. The highest BCUT2D eigenvalue weighted by Crippen LogP contribution is 2.27. The van der Waals surface area contributed by atoms with E-state index in [1.807, 2.05) is 25.3 Å². The summed E-state index contributed by atoms with van der Waals surface area (Å²) in [6, 6.07) is 7.03. The largest absolute Gasteiger partial charge is 0.314 e. The number of rotatable bonds is 3. The van der Waals surface area contributed by atoms with Crippen LogP contribution in [0.2, 0.25) is 0 Å². The van der Waals surface area contributed by atoms with Gasteiger partial charge in [-0.3, -0.25) is 0 Å². The first kappa shape index (κ1) is 15.6. The van der Waals surface area contributed by atoms with Gasteiger partial charge in [0.2, 0.25) is 10.0 Å². The normalized spacial score (nSPS) is 20.2. The highest BCUT2D eigenvalue weighted by Gasteiger charge is 2.31. The van der Waals surface area contributed by atoms with E-state index in [1.54, 1.807) is 22.5 Å². The molecule has 0 saturated carbocycles. The molecule has 1 unspecified atom stereocenters. The van der Waals surface area contributed by atoms with Gasteiger partial charge in [0, 0.05) is 42.3 Å². The minimum absolute atomic E-state index is 0.0375. The molecule has 1 aromatic heterocycles. The molecule has 118 valence electrons. The van der Waals surface area contributed by atoms with Gasteiger partial charge in [-0.2, -0.15) is 4.31 Å². The molecule has 0 aliphatic carbocycles. The maximum atomic E-state index is 12.9. The third-order valence-corrected chi connectivity index (χ3v) is 6.77. The van der Waals surface area contributed by atoms with Crippen molar-refractivity contribution < 1.29 is 8.42 Å². The molecular formula is C15H19N3O2S2. The van der Waals surface area contributed by atoms with Crippen LogP contribution >= 0.6 is 11.3 Å². The number of hydrogen-bond donors (Lipinski definition) is 1. The van der Waals surface area contributed by atoms with E-state index < -0.39 is 10.0 Å². The van der Waals surface area contributed by atoms with Crippen LogP contribution < -0.4 is 5.32 Å². The minimum atomic E-state index is -3.46. The average molecular weight is 337 g/mol. The smallest absolute Gasteiger partial charge is 0.243 e. The van der Waals surface area contributed by atoms with Crippen molar-refractivity contribution >= 4 is 21.4 Å². The molecule has 2 aromatic rings. The van der Waals surface area contributed by atoms with Gasteiger partial charge in [-0.05, 0) is 26.0 Å². The number of aromatic nitrogens is 1. The second-order valence-corrected chi connectivity index (χ2v) is 8.24. The second kappa shape index (κ2) is 6.08. The fourth-order valence-electron chi connectivity index (χ4n) is 2.59. The standard InChI is InChI=1S/C15H19N3O2S2/c1-11-10-21-15(17-11)13-4-3-5-14(8-13)22(19,20)18-7-6-16-9-12(18)2/h3-5,8,10,12,16H,6-7,9H2,1-2H3. The van der Waals surface area contributed by atoms with Crippen molar-refractivity contribution in [2.45, 2.75) is 24.8 Å². The summed E-state index contributed by atoms with van der Waals surface area (Å²) in [5.74, 6) is 0. The van der Waals surface area contributed by atoms with Gasteiger partial charge in [0.05, 0.1) is 4.90 Å². The van der Waals surface area contributed by atoms with Gasteiger partial charge in [0.15, 0.2) is 0 Å². The first-order valence-corrected chi connectivity index (χ1v) is 9.55. The number of nitrogens with one attached hydrogen (secondary N) is 1. The molecule has 7 heteroatoms. The van der Waals surface area contributed by atoms with E-state index in [2.05, 4.69) is 10.3 Å². The predicted octanol–water partition coefficient (Wildman–Crippen LogP) is 2.10. The third-order valence-electron chi connectivity index (χ3n) is 3.75. The first-order chi connectivity index (χ1) is 10.5. The van der Waals surface area contributed by atoms with E-state index in [0.29, 0.717) is 24.5 Å². The molecular weight excluding hydrogens is 318 g/mol.